The molecule has 0 aliphatic rings. The zero-order valence-corrected chi connectivity index (χ0v) is 16.4. The van der Waals surface area contributed by atoms with Gasteiger partial charge in [0.25, 0.3) is 0 Å². The number of imidazole rings is 1. The summed E-state index contributed by atoms with van der Waals surface area (Å²) in [4.78, 5) is 16.6. The second-order valence-corrected chi connectivity index (χ2v) is 7.24. The second-order valence-electron chi connectivity index (χ2n) is 5.05. The SMILES string of the molecule is COCCn1c(SCC(=O)Nc2ccc(I)cc2)nc(C)c1C. The molecule has 2 aromatic rings. The van der Waals surface area contributed by atoms with Crippen LogP contribution in [0.1, 0.15) is 11.4 Å². The zero-order valence-electron chi connectivity index (χ0n) is 13.4. The molecular weight excluding hydrogens is 425 g/mol. The lowest BCUT2D eigenvalue weighted by Crippen LogP contribution is -2.15. The minimum Gasteiger partial charge on any atom is -0.383 e. The third-order valence-corrected chi connectivity index (χ3v) is 5.10. The summed E-state index contributed by atoms with van der Waals surface area (Å²) in [6.45, 7) is 5.38. The standard InChI is InChI=1S/C16H20IN3O2S/c1-11-12(2)20(8-9-22-3)16(18-11)23-10-15(21)19-14-6-4-13(17)5-7-14/h4-7H,8-10H2,1-3H3,(H,19,21). The number of methoxy groups -OCH3 is 1. The van der Waals surface area contributed by atoms with E-state index in [-0.39, 0.29) is 5.91 Å². The van der Waals surface area contributed by atoms with Crippen molar-refractivity contribution in [3.8, 4) is 0 Å². The van der Waals surface area contributed by atoms with E-state index in [1.54, 1.807) is 7.11 Å². The Hall–Kier alpha value is -1.06. The first kappa shape index (κ1) is 18.3. The number of thioether (sulfide) groups is 1. The van der Waals surface area contributed by atoms with Gasteiger partial charge < -0.3 is 14.6 Å². The summed E-state index contributed by atoms with van der Waals surface area (Å²) in [7, 11) is 1.68. The van der Waals surface area contributed by atoms with Crippen LogP contribution < -0.4 is 5.32 Å². The van der Waals surface area contributed by atoms with E-state index in [1.807, 2.05) is 38.1 Å². The molecule has 0 unspecified atom stereocenters. The number of aryl methyl sites for hydroxylation is 1. The highest BCUT2D eigenvalue weighted by atomic mass is 127. The Labute approximate surface area is 154 Å². The van der Waals surface area contributed by atoms with Gasteiger partial charge in [-0.1, -0.05) is 11.8 Å². The molecule has 0 spiro atoms. The lowest BCUT2D eigenvalue weighted by molar-refractivity contribution is -0.113. The Morgan fingerprint density at radius 1 is 1.35 bits per heavy atom. The zero-order chi connectivity index (χ0) is 16.8. The summed E-state index contributed by atoms with van der Waals surface area (Å²) in [5.74, 6) is 0.294. The lowest BCUT2D eigenvalue weighted by Gasteiger charge is -2.09. The van der Waals surface area contributed by atoms with E-state index in [9.17, 15) is 4.79 Å². The molecule has 23 heavy (non-hydrogen) atoms. The fourth-order valence-electron chi connectivity index (χ4n) is 2.04. The van der Waals surface area contributed by atoms with Gasteiger partial charge in [0.2, 0.25) is 5.91 Å². The van der Waals surface area contributed by atoms with Crippen LogP contribution in [0.4, 0.5) is 5.69 Å². The molecule has 1 aromatic heterocycles. The van der Waals surface area contributed by atoms with Crippen molar-refractivity contribution in [3.63, 3.8) is 0 Å². The van der Waals surface area contributed by atoms with Gasteiger partial charge >= 0.3 is 0 Å². The van der Waals surface area contributed by atoms with Crippen LogP contribution in [-0.2, 0) is 16.1 Å². The molecule has 0 fully saturated rings. The van der Waals surface area contributed by atoms with Gasteiger partial charge in [-0.2, -0.15) is 0 Å². The first-order valence-electron chi connectivity index (χ1n) is 7.22. The van der Waals surface area contributed by atoms with Gasteiger partial charge in [0, 0.05) is 28.6 Å². The van der Waals surface area contributed by atoms with E-state index >= 15 is 0 Å². The molecule has 7 heteroatoms. The average Bonchev–Trinajstić information content (AvgIpc) is 2.80. The number of ether oxygens (including phenoxy) is 1. The van der Waals surface area contributed by atoms with Crippen molar-refractivity contribution in [1.82, 2.24) is 9.55 Å². The maximum atomic E-state index is 12.1. The van der Waals surface area contributed by atoms with Crippen molar-refractivity contribution in [3.05, 3.63) is 39.2 Å². The molecule has 0 atom stereocenters. The minimum atomic E-state index is -0.0344. The van der Waals surface area contributed by atoms with Crippen LogP contribution in [0.25, 0.3) is 0 Å². The smallest absolute Gasteiger partial charge is 0.234 e. The predicted octanol–water partition coefficient (Wildman–Crippen LogP) is 3.48. The molecule has 124 valence electrons. The Bertz CT molecular complexity index is 671. The highest BCUT2D eigenvalue weighted by Gasteiger charge is 2.13. The number of hydrogen-bond acceptors (Lipinski definition) is 4. The normalized spacial score (nSPS) is 10.8. The number of carbonyl (C=O) groups excluding carboxylic acids is 1. The number of rotatable bonds is 7. The molecule has 0 saturated carbocycles. The van der Waals surface area contributed by atoms with Crippen LogP contribution in [0.15, 0.2) is 29.4 Å². The lowest BCUT2D eigenvalue weighted by atomic mass is 10.3. The second kappa shape index (κ2) is 8.70. The molecule has 2 rings (SSSR count). The number of anilines is 1. The van der Waals surface area contributed by atoms with Crippen LogP contribution in [0.5, 0.6) is 0 Å². The van der Waals surface area contributed by atoms with Gasteiger partial charge in [-0.15, -0.1) is 0 Å². The fourth-order valence-corrected chi connectivity index (χ4v) is 3.32. The third-order valence-electron chi connectivity index (χ3n) is 3.40. The fraction of sp³-hybridized carbons (Fsp3) is 0.375. The van der Waals surface area contributed by atoms with Crippen molar-refractivity contribution < 1.29 is 9.53 Å². The molecule has 0 radical (unpaired) electrons. The van der Waals surface area contributed by atoms with Crippen molar-refractivity contribution in [1.29, 1.82) is 0 Å². The molecule has 0 bridgehead atoms. The summed E-state index contributed by atoms with van der Waals surface area (Å²) in [6, 6.07) is 7.73. The summed E-state index contributed by atoms with van der Waals surface area (Å²) in [6.07, 6.45) is 0. The van der Waals surface area contributed by atoms with Gasteiger partial charge in [0.15, 0.2) is 5.16 Å². The number of amides is 1. The van der Waals surface area contributed by atoms with Gasteiger partial charge in [-0.3, -0.25) is 4.79 Å². The molecule has 1 amide bonds. The summed E-state index contributed by atoms with van der Waals surface area (Å²) in [5, 5.41) is 3.75. The van der Waals surface area contributed by atoms with Crippen LogP contribution in [0.2, 0.25) is 0 Å². The molecule has 0 aliphatic heterocycles. The number of hydrogen-bond donors (Lipinski definition) is 1. The summed E-state index contributed by atoms with van der Waals surface area (Å²) < 4.78 is 8.38. The van der Waals surface area contributed by atoms with Crippen molar-refractivity contribution >= 4 is 45.9 Å². The van der Waals surface area contributed by atoms with E-state index in [0.717, 1.165) is 32.3 Å². The molecule has 0 saturated heterocycles. The Morgan fingerprint density at radius 2 is 2.04 bits per heavy atom. The Morgan fingerprint density at radius 3 is 2.70 bits per heavy atom. The van der Waals surface area contributed by atoms with E-state index in [1.165, 1.54) is 11.8 Å². The molecular formula is C16H20IN3O2S. The van der Waals surface area contributed by atoms with Crippen LogP contribution >= 0.6 is 34.4 Å². The highest BCUT2D eigenvalue weighted by molar-refractivity contribution is 14.1. The largest absolute Gasteiger partial charge is 0.383 e. The first-order chi connectivity index (χ1) is 11.0. The van der Waals surface area contributed by atoms with Crippen LogP contribution in [0, 0.1) is 17.4 Å². The van der Waals surface area contributed by atoms with Gasteiger partial charge in [-0.25, -0.2) is 4.98 Å². The number of aromatic nitrogens is 2. The number of nitrogens with zero attached hydrogens (tertiary/aromatic N) is 2. The Balaban J connectivity index is 1.95. The molecule has 1 heterocycles. The van der Waals surface area contributed by atoms with Gasteiger partial charge in [-0.05, 0) is 60.7 Å². The first-order valence-corrected chi connectivity index (χ1v) is 9.28. The van der Waals surface area contributed by atoms with E-state index in [4.69, 9.17) is 4.74 Å². The summed E-state index contributed by atoms with van der Waals surface area (Å²) in [5.41, 5.74) is 2.91. The minimum absolute atomic E-state index is 0.0344. The number of nitrogens with one attached hydrogen (secondary N) is 1. The number of benzene rings is 1. The van der Waals surface area contributed by atoms with Gasteiger partial charge in [0.05, 0.1) is 18.1 Å². The molecule has 0 aliphatic carbocycles. The number of halogens is 1. The quantitative estimate of drug-likeness (QED) is 0.524. The van der Waals surface area contributed by atoms with E-state index in [0.29, 0.717) is 12.4 Å². The van der Waals surface area contributed by atoms with Crippen molar-refractivity contribution in [2.75, 3.05) is 24.8 Å². The van der Waals surface area contributed by atoms with Crippen molar-refractivity contribution in [2.24, 2.45) is 0 Å². The van der Waals surface area contributed by atoms with Crippen LogP contribution in [-0.4, -0.2) is 34.9 Å². The molecule has 1 N–H and O–H groups in total. The Kier molecular flexibility index (Phi) is 6.91. The maximum Gasteiger partial charge on any atom is 0.234 e. The number of carbonyl (C=O) groups is 1. The summed E-state index contributed by atoms with van der Waals surface area (Å²) >= 11 is 3.68. The maximum absolute atomic E-state index is 12.1. The van der Waals surface area contributed by atoms with Crippen molar-refractivity contribution in [2.45, 2.75) is 25.5 Å². The van der Waals surface area contributed by atoms with E-state index in [2.05, 4.69) is 37.5 Å². The van der Waals surface area contributed by atoms with Gasteiger partial charge in [0.1, 0.15) is 0 Å². The predicted molar refractivity (Wildman–Crippen MR) is 102 cm³/mol. The van der Waals surface area contributed by atoms with Crippen LogP contribution in [0.3, 0.4) is 0 Å². The third kappa shape index (κ3) is 5.22. The molecule has 1 aromatic carbocycles. The van der Waals surface area contributed by atoms with E-state index < -0.39 is 0 Å². The highest BCUT2D eigenvalue weighted by Crippen LogP contribution is 2.21. The molecule has 5 nitrogen and oxygen atoms in total. The monoisotopic (exact) mass is 445 g/mol. The average molecular weight is 445 g/mol. The topological polar surface area (TPSA) is 56.1 Å².